The Balaban J connectivity index is 2.39. The quantitative estimate of drug-likeness (QED) is 0.802. The maximum Gasteiger partial charge on any atom is 0.255 e. The first-order chi connectivity index (χ1) is 10.1. The van der Waals surface area contributed by atoms with Gasteiger partial charge in [-0.25, -0.2) is 0 Å². The van der Waals surface area contributed by atoms with Gasteiger partial charge < -0.3 is 15.2 Å². The average molecular weight is 306 g/mol. The standard InChI is InChI=1S/C16H20ClN3O/c1-4-8-20-10-14(16(21)19-11(3)18-5-2)13-7-6-12(17)9-15(13)20/h5-7,9-11,18H,2,4,8H2,1,3H3,(H,19,21). The SMILES string of the molecule is C=CNC(C)NC(=O)c1cn(CCC)c2cc(Cl)ccc12. The van der Waals surface area contributed by atoms with Crippen LogP contribution >= 0.6 is 11.6 Å². The maximum atomic E-state index is 12.4. The Bertz CT molecular complexity index is 663. The van der Waals surface area contributed by atoms with Gasteiger partial charge in [-0.05, 0) is 31.7 Å². The topological polar surface area (TPSA) is 46.1 Å². The highest BCUT2D eigenvalue weighted by molar-refractivity contribution is 6.31. The van der Waals surface area contributed by atoms with Crippen LogP contribution in [0.25, 0.3) is 10.9 Å². The molecular formula is C16H20ClN3O. The molecule has 112 valence electrons. The fourth-order valence-corrected chi connectivity index (χ4v) is 2.53. The highest BCUT2D eigenvalue weighted by Gasteiger charge is 2.16. The van der Waals surface area contributed by atoms with Crippen LogP contribution in [0.1, 0.15) is 30.6 Å². The molecule has 1 aromatic carbocycles. The minimum Gasteiger partial charge on any atom is -0.372 e. The lowest BCUT2D eigenvalue weighted by Crippen LogP contribution is -2.40. The largest absolute Gasteiger partial charge is 0.372 e. The molecule has 0 aliphatic rings. The van der Waals surface area contributed by atoms with E-state index < -0.39 is 0 Å². The van der Waals surface area contributed by atoms with Crippen LogP contribution in [-0.2, 0) is 6.54 Å². The van der Waals surface area contributed by atoms with E-state index in [0.717, 1.165) is 23.9 Å². The molecule has 2 N–H and O–H groups in total. The molecule has 0 bridgehead atoms. The molecular weight excluding hydrogens is 286 g/mol. The zero-order valence-electron chi connectivity index (χ0n) is 12.3. The number of carbonyl (C=O) groups excluding carboxylic acids is 1. The molecule has 0 aliphatic heterocycles. The molecule has 0 fully saturated rings. The fourth-order valence-electron chi connectivity index (χ4n) is 2.36. The zero-order chi connectivity index (χ0) is 15.4. The lowest BCUT2D eigenvalue weighted by Gasteiger charge is -2.13. The predicted molar refractivity (Wildman–Crippen MR) is 87.5 cm³/mol. The summed E-state index contributed by atoms with van der Waals surface area (Å²) in [6.45, 7) is 8.41. The number of hydrogen-bond donors (Lipinski definition) is 2. The third kappa shape index (κ3) is 3.39. The molecule has 0 radical (unpaired) electrons. The number of nitrogens with zero attached hydrogens (tertiary/aromatic N) is 1. The highest BCUT2D eigenvalue weighted by Crippen LogP contribution is 2.25. The molecule has 2 rings (SSSR count). The molecule has 0 saturated carbocycles. The summed E-state index contributed by atoms with van der Waals surface area (Å²) in [5.41, 5.74) is 1.65. The van der Waals surface area contributed by atoms with Crippen molar-refractivity contribution in [3.05, 3.63) is 47.8 Å². The van der Waals surface area contributed by atoms with E-state index in [2.05, 4.69) is 28.7 Å². The zero-order valence-corrected chi connectivity index (χ0v) is 13.1. The fraction of sp³-hybridized carbons (Fsp3) is 0.312. The van der Waals surface area contributed by atoms with Crippen molar-refractivity contribution in [2.75, 3.05) is 0 Å². The molecule has 0 saturated heterocycles. The van der Waals surface area contributed by atoms with Crippen molar-refractivity contribution in [3.8, 4) is 0 Å². The number of nitrogens with one attached hydrogen (secondary N) is 2. The molecule has 21 heavy (non-hydrogen) atoms. The lowest BCUT2D eigenvalue weighted by atomic mass is 10.1. The number of fused-ring (bicyclic) bond motifs is 1. The van der Waals surface area contributed by atoms with E-state index in [-0.39, 0.29) is 12.1 Å². The van der Waals surface area contributed by atoms with E-state index in [1.807, 2.05) is 31.3 Å². The van der Waals surface area contributed by atoms with E-state index in [1.54, 1.807) is 6.20 Å². The van der Waals surface area contributed by atoms with Gasteiger partial charge in [0.05, 0.1) is 17.2 Å². The van der Waals surface area contributed by atoms with Crippen LogP contribution in [0.3, 0.4) is 0 Å². The molecule has 1 atom stereocenters. The molecule has 0 spiro atoms. The van der Waals surface area contributed by atoms with Gasteiger partial charge in [-0.1, -0.05) is 31.2 Å². The summed E-state index contributed by atoms with van der Waals surface area (Å²) >= 11 is 6.07. The van der Waals surface area contributed by atoms with Gasteiger partial charge in [0.1, 0.15) is 0 Å². The highest BCUT2D eigenvalue weighted by atomic mass is 35.5. The van der Waals surface area contributed by atoms with Crippen LogP contribution in [0.2, 0.25) is 5.02 Å². The van der Waals surface area contributed by atoms with Crippen molar-refractivity contribution in [1.82, 2.24) is 15.2 Å². The monoisotopic (exact) mass is 305 g/mol. The minimum atomic E-state index is -0.174. The normalized spacial score (nSPS) is 12.1. The van der Waals surface area contributed by atoms with E-state index in [0.29, 0.717) is 10.6 Å². The van der Waals surface area contributed by atoms with Gasteiger partial charge in [0.2, 0.25) is 0 Å². The number of benzene rings is 1. The molecule has 1 heterocycles. The lowest BCUT2D eigenvalue weighted by molar-refractivity contribution is 0.0938. The van der Waals surface area contributed by atoms with Crippen LogP contribution in [-0.4, -0.2) is 16.6 Å². The first-order valence-electron chi connectivity index (χ1n) is 7.03. The number of amides is 1. The van der Waals surface area contributed by atoms with Gasteiger partial charge in [0.25, 0.3) is 5.91 Å². The number of aromatic nitrogens is 1. The van der Waals surface area contributed by atoms with Crippen molar-refractivity contribution >= 4 is 28.4 Å². The Morgan fingerprint density at radius 3 is 2.95 bits per heavy atom. The Morgan fingerprint density at radius 1 is 1.52 bits per heavy atom. The molecule has 0 aliphatic carbocycles. The van der Waals surface area contributed by atoms with Gasteiger partial charge in [0.15, 0.2) is 0 Å². The summed E-state index contributed by atoms with van der Waals surface area (Å²) in [4.78, 5) is 12.4. The number of carbonyl (C=O) groups is 1. The molecule has 1 unspecified atom stereocenters. The minimum absolute atomic E-state index is 0.112. The average Bonchev–Trinajstić information content (AvgIpc) is 2.78. The van der Waals surface area contributed by atoms with Crippen LogP contribution in [0.4, 0.5) is 0 Å². The van der Waals surface area contributed by atoms with Crippen LogP contribution < -0.4 is 10.6 Å². The summed E-state index contributed by atoms with van der Waals surface area (Å²) in [5, 5.41) is 7.42. The maximum absolute atomic E-state index is 12.4. The Labute approximate surface area is 129 Å². The van der Waals surface area contributed by atoms with Gasteiger partial charge in [-0.15, -0.1) is 0 Å². The van der Waals surface area contributed by atoms with Crippen LogP contribution in [0.15, 0.2) is 37.2 Å². The van der Waals surface area contributed by atoms with Gasteiger partial charge >= 0.3 is 0 Å². The first-order valence-corrected chi connectivity index (χ1v) is 7.40. The van der Waals surface area contributed by atoms with E-state index >= 15 is 0 Å². The smallest absolute Gasteiger partial charge is 0.255 e. The van der Waals surface area contributed by atoms with Crippen molar-refractivity contribution in [3.63, 3.8) is 0 Å². The Kier molecular flexibility index (Phi) is 4.91. The van der Waals surface area contributed by atoms with Gasteiger partial charge in [-0.3, -0.25) is 4.79 Å². The van der Waals surface area contributed by atoms with Gasteiger partial charge in [0, 0.05) is 23.2 Å². The molecule has 1 aromatic heterocycles. The van der Waals surface area contributed by atoms with E-state index in [9.17, 15) is 4.79 Å². The predicted octanol–water partition coefficient (Wildman–Crippen LogP) is 3.51. The van der Waals surface area contributed by atoms with E-state index in [4.69, 9.17) is 11.6 Å². The second kappa shape index (κ2) is 6.68. The van der Waals surface area contributed by atoms with Crippen molar-refractivity contribution < 1.29 is 4.79 Å². The molecule has 1 amide bonds. The number of aryl methyl sites for hydroxylation is 1. The van der Waals surface area contributed by atoms with Crippen molar-refractivity contribution in [1.29, 1.82) is 0 Å². The summed E-state index contributed by atoms with van der Waals surface area (Å²) < 4.78 is 2.07. The number of halogens is 1. The first kappa shape index (κ1) is 15.4. The van der Waals surface area contributed by atoms with Crippen LogP contribution in [0.5, 0.6) is 0 Å². The van der Waals surface area contributed by atoms with Gasteiger partial charge in [-0.2, -0.15) is 0 Å². The summed E-state index contributed by atoms with van der Waals surface area (Å²) in [6.07, 6.45) is 4.27. The third-order valence-electron chi connectivity index (χ3n) is 3.27. The summed E-state index contributed by atoms with van der Waals surface area (Å²) in [7, 11) is 0. The van der Waals surface area contributed by atoms with Crippen LogP contribution in [0, 0.1) is 0 Å². The molecule has 5 heteroatoms. The second-order valence-electron chi connectivity index (χ2n) is 4.96. The Morgan fingerprint density at radius 2 is 2.29 bits per heavy atom. The van der Waals surface area contributed by atoms with Crippen molar-refractivity contribution in [2.24, 2.45) is 0 Å². The van der Waals surface area contributed by atoms with Crippen molar-refractivity contribution in [2.45, 2.75) is 33.0 Å². The summed E-state index contributed by atoms with van der Waals surface area (Å²) in [6, 6.07) is 5.60. The number of rotatable bonds is 6. The Hall–Kier alpha value is -1.94. The molecule has 4 nitrogen and oxygen atoms in total. The number of hydrogen-bond acceptors (Lipinski definition) is 2. The van der Waals surface area contributed by atoms with E-state index in [1.165, 1.54) is 0 Å². The third-order valence-corrected chi connectivity index (χ3v) is 3.50. The molecule has 2 aromatic rings. The summed E-state index contributed by atoms with van der Waals surface area (Å²) in [5.74, 6) is -0.112. The second-order valence-corrected chi connectivity index (χ2v) is 5.40.